The quantitative estimate of drug-likeness (QED) is 0.506. The predicted molar refractivity (Wildman–Crippen MR) is 93.7 cm³/mol. The van der Waals surface area contributed by atoms with Gasteiger partial charge in [0.25, 0.3) is 0 Å². The number of allylic oxidation sites excluding steroid dienone is 1. The van der Waals surface area contributed by atoms with E-state index in [0.29, 0.717) is 27.1 Å². The van der Waals surface area contributed by atoms with Crippen LogP contribution in [0, 0.1) is 0 Å². The van der Waals surface area contributed by atoms with Crippen molar-refractivity contribution in [1.29, 1.82) is 0 Å². The number of hydrogen-bond acceptors (Lipinski definition) is 3. The third kappa shape index (κ3) is 4.90. The minimum Gasteiger partial charge on any atom is -0.493 e. The summed E-state index contributed by atoms with van der Waals surface area (Å²) >= 11 is 17.6. The maximum atomic E-state index is 10.8. The van der Waals surface area contributed by atoms with E-state index < -0.39 is 5.24 Å². The smallest absolute Gasteiger partial charge is 0.245 e. The highest BCUT2D eigenvalue weighted by atomic mass is 35.5. The Kier molecular flexibility index (Phi) is 6.34. The van der Waals surface area contributed by atoms with Gasteiger partial charge in [-0.1, -0.05) is 41.4 Å². The van der Waals surface area contributed by atoms with E-state index in [1.165, 1.54) is 13.2 Å². The molecule has 0 spiro atoms. The Hall–Kier alpha value is -1.68. The Morgan fingerprint density at radius 3 is 2.57 bits per heavy atom. The molecule has 0 aromatic heterocycles. The van der Waals surface area contributed by atoms with Crippen molar-refractivity contribution in [2.24, 2.45) is 0 Å². The molecule has 2 aromatic carbocycles. The van der Waals surface area contributed by atoms with Gasteiger partial charge in [0.2, 0.25) is 5.24 Å². The van der Waals surface area contributed by atoms with Gasteiger partial charge in [0.15, 0.2) is 11.5 Å². The zero-order chi connectivity index (χ0) is 16.8. The predicted octanol–water partition coefficient (Wildman–Crippen LogP) is 5.36. The molecule has 0 unspecified atom stereocenters. The van der Waals surface area contributed by atoms with Gasteiger partial charge in [-0.3, -0.25) is 4.79 Å². The molecule has 0 amide bonds. The van der Waals surface area contributed by atoms with Crippen LogP contribution in [0.25, 0.3) is 6.08 Å². The van der Waals surface area contributed by atoms with Crippen LogP contribution >= 0.6 is 34.8 Å². The lowest BCUT2D eigenvalue weighted by molar-refractivity contribution is -0.107. The van der Waals surface area contributed by atoms with E-state index in [1.54, 1.807) is 24.3 Å². The van der Waals surface area contributed by atoms with E-state index in [9.17, 15) is 4.79 Å². The van der Waals surface area contributed by atoms with Crippen molar-refractivity contribution in [3.63, 3.8) is 0 Å². The number of benzene rings is 2. The summed E-state index contributed by atoms with van der Waals surface area (Å²) in [4.78, 5) is 10.8. The Morgan fingerprint density at radius 1 is 1.17 bits per heavy atom. The summed E-state index contributed by atoms with van der Waals surface area (Å²) in [5.74, 6) is 0.856. The molecular weight excluding hydrogens is 359 g/mol. The van der Waals surface area contributed by atoms with Crippen LogP contribution in [-0.4, -0.2) is 12.4 Å². The van der Waals surface area contributed by atoms with Crippen LogP contribution in [0.15, 0.2) is 42.5 Å². The fraction of sp³-hybridized carbons (Fsp3) is 0.118. The van der Waals surface area contributed by atoms with Gasteiger partial charge >= 0.3 is 0 Å². The topological polar surface area (TPSA) is 35.5 Å². The fourth-order valence-electron chi connectivity index (χ4n) is 1.90. The van der Waals surface area contributed by atoms with Crippen LogP contribution < -0.4 is 9.47 Å². The van der Waals surface area contributed by atoms with Crippen molar-refractivity contribution in [1.82, 2.24) is 0 Å². The number of methoxy groups -OCH3 is 1. The number of hydrogen-bond donors (Lipinski definition) is 0. The van der Waals surface area contributed by atoms with Crippen LogP contribution in [0.1, 0.15) is 11.1 Å². The molecule has 0 atom stereocenters. The summed E-state index contributed by atoms with van der Waals surface area (Å²) in [5.41, 5.74) is 1.51. The molecule has 2 rings (SSSR count). The number of halogens is 3. The van der Waals surface area contributed by atoms with Gasteiger partial charge in [-0.15, -0.1) is 0 Å². The molecule has 2 aromatic rings. The van der Waals surface area contributed by atoms with Crippen molar-refractivity contribution in [2.75, 3.05) is 7.11 Å². The van der Waals surface area contributed by atoms with Gasteiger partial charge in [0.05, 0.1) is 12.1 Å². The minimum atomic E-state index is -0.570. The molecule has 6 heteroatoms. The van der Waals surface area contributed by atoms with E-state index in [1.807, 2.05) is 18.2 Å². The molecule has 0 aliphatic rings. The molecule has 0 saturated carbocycles. The zero-order valence-electron chi connectivity index (χ0n) is 12.2. The van der Waals surface area contributed by atoms with Gasteiger partial charge in [0.1, 0.15) is 6.61 Å². The highest BCUT2D eigenvalue weighted by Gasteiger charge is 2.12. The average Bonchev–Trinajstić information content (AvgIpc) is 2.52. The van der Waals surface area contributed by atoms with E-state index in [-0.39, 0.29) is 6.61 Å². The number of rotatable bonds is 6. The highest BCUT2D eigenvalue weighted by molar-refractivity contribution is 6.66. The summed E-state index contributed by atoms with van der Waals surface area (Å²) in [6.45, 7) is 0.255. The van der Waals surface area contributed by atoms with Gasteiger partial charge in [-0.25, -0.2) is 0 Å². The maximum Gasteiger partial charge on any atom is 0.245 e. The average molecular weight is 372 g/mol. The molecule has 3 nitrogen and oxygen atoms in total. The summed E-state index contributed by atoms with van der Waals surface area (Å²) < 4.78 is 11.0. The molecule has 0 N–H and O–H groups in total. The van der Waals surface area contributed by atoms with Gasteiger partial charge in [-0.05, 0) is 47.5 Å². The van der Waals surface area contributed by atoms with Crippen LogP contribution in [0.5, 0.6) is 11.5 Å². The minimum absolute atomic E-state index is 0.255. The molecule has 0 bridgehead atoms. The molecule has 0 radical (unpaired) electrons. The van der Waals surface area contributed by atoms with Crippen molar-refractivity contribution in [3.8, 4) is 11.5 Å². The molecule has 0 saturated heterocycles. The second kappa shape index (κ2) is 8.25. The Bertz CT molecular complexity index is 742. The SMILES string of the molecule is COc1cc(/C=C/C(=O)Cl)cc(Cl)c1OCc1ccccc1Cl. The summed E-state index contributed by atoms with van der Waals surface area (Å²) in [7, 11) is 1.51. The first-order valence-corrected chi connectivity index (χ1v) is 7.76. The lowest BCUT2D eigenvalue weighted by Crippen LogP contribution is -1.99. The molecular formula is C17H13Cl3O3. The normalized spacial score (nSPS) is 10.8. The Balaban J connectivity index is 2.24. The Morgan fingerprint density at radius 2 is 1.91 bits per heavy atom. The lowest BCUT2D eigenvalue weighted by Gasteiger charge is -2.14. The second-order valence-corrected chi connectivity index (χ2v) is 5.74. The maximum absolute atomic E-state index is 10.8. The first-order chi connectivity index (χ1) is 11.0. The fourth-order valence-corrected chi connectivity index (χ4v) is 2.43. The summed E-state index contributed by atoms with van der Waals surface area (Å²) in [6.07, 6.45) is 2.78. The van der Waals surface area contributed by atoms with Crippen molar-refractivity contribution < 1.29 is 14.3 Å². The summed E-state index contributed by atoms with van der Waals surface area (Å²) in [5, 5.41) is 0.403. The van der Waals surface area contributed by atoms with Crippen molar-refractivity contribution >= 4 is 46.1 Å². The van der Waals surface area contributed by atoms with Crippen molar-refractivity contribution in [2.45, 2.75) is 6.61 Å². The van der Waals surface area contributed by atoms with Crippen molar-refractivity contribution in [3.05, 3.63) is 63.6 Å². The van der Waals surface area contributed by atoms with E-state index in [2.05, 4.69) is 0 Å². The summed E-state index contributed by atoms with van der Waals surface area (Å²) in [6, 6.07) is 10.7. The van der Waals surface area contributed by atoms with Crippen LogP contribution in [0.4, 0.5) is 0 Å². The number of carbonyl (C=O) groups excluding carboxylic acids is 1. The molecule has 23 heavy (non-hydrogen) atoms. The first-order valence-electron chi connectivity index (χ1n) is 6.62. The van der Waals surface area contributed by atoms with Gasteiger partial charge in [-0.2, -0.15) is 0 Å². The van der Waals surface area contributed by atoms with E-state index in [0.717, 1.165) is 5.56 Å². The van der Waals surface area contributed by atoms with Crippen LogP contribution in [-0.2, 0) is 11.4 Å². The lowest BCUT2D eigenvalue weighted by atomic mass is 10.2. The molecule has 120 valence electrons. The standard InChI is InChI=1S/C17H13Cl3O3/c1-22-15-9-11(6-7-16(20)21)8-14(19)17(15)23-10-12-4-2-3-5-13(12)18/h2-9H,10H2,1H3/b7-6+. The van der Waals surface area contributed by atoms with E-state index >= 15 is 0 Å². The number of carbonyl (C=O) groups is 1. The molecule has 0 heterocycles. The molecule has 0 fully saturated rings. The highest BCUT2D eigenvalue weighted by Crippen LogP contribution is 2.37. The largest absolute Gasteiger partial charge is 0.493 e. The van der Waals surface area contributed by atoms with Crippen LogP contribution in [0.3, 0.4) is 0 Å². The number of ether oxygens (including phenoxy) is 2. The van der Waals surface area contributed by atoms with Crippen LogP contribution in [0.2, 0.25) is 10.0 Å². The third-order valence-corrected chi connectivity index (χ3v) is 3.76. The Labute approximate surface area is 149 Å². The first kappa shape index (κ1) is 17.7. The van der Waals surface area contributed by atoms with Gasteiger partial charge in [0, 0.05) is 10.6 Å². The molecule has 0 aliphatic carbocycles. The zero-order valence-corrected chi connectivity index (χ0v) is 14.5. The second-order valence-electron chi connectivity index (χ2n) is 4.55. The van der Waals surface area contributed by atoms with Gasteiger partial charge < -0.3 is 9.47 Å². The third-order valence-electron chi connectivity index (χ3n) is 2.99. The molecule has 0 aliphatic heterocycles. The van der Waals surface area contributed by atoms with E-state index in [4.69, 9.17) is 44.3 Å². The monoisotopic (exact) mass is 370 g/mol.